The Bertz CT molecular complexity index is 813. The first-order chi connectivity index (χ1) is 9.28. The van der Waals surface area contributed by atoms with Crippen LogP contribution in [0.3, 0.4) is 0 Å². The van der Waals surface area contributed by atoms with E-state index in [2.05, 4.69) is 17.9 Å². The number of carbonyl (C=O) groups is 1. The molecule has 0 bridgehead atoms. The summed E-state index contributed by atoms with van der Waals surface area (Å²) in [5.74, 6) is 6.14. The zero-order valence-electron chi connectivity index (χ0n) is 10.1. The van der Waals surface area contributed by atoms with Crippen LogP contribution in [0.5, 0.6) is 0 Å². The van der Waals surface area contributed by atoms with Gasteiger partial charge in [-0.1, -0.05) is 24.0 Å². The van der Waals surface area contributed by atoms with Crippen LogP contribution < -0.4 is 5.63 Å². The van der Waals surface area contributed by atoms with Crippen molar-refractivity contribution in [3.63, 3.8) is 0 Å². The summed E-state index contributed by atoms with van der Waals surface area (Å²) >= 11 is 0. The first kappa shape index (κ1) is 11.5. The van der Waals surface area contributed by atoms with Gasteiger partial charge < -0.3 is 4.42 Å². The van der Waals surface area contributed by atoms with Gasteiger partial charge in [0.2, 0.25) is 0 Å². The van der Waals surface area contributed by atoms with Gasteiger partial charge in [-0.15, -0.1) is 0 Å². The second kappa shape index (κ2) is 4.58. The SMILES string of the molecule is O=Cc1cc2cc3c(cc2oc1=O)C#CCC/C=C\3. The molecule has 0 saturated heterocycles. The second-order valence-corrected chi connectivity index (χ2v) is 4.33. The predicted molar refractivity (Wildman–Crippen MR) is 73.0 cm³/mol. The van der Waals surface area contributed by atoms with E-state index in [1.807, 2.05) is 12.1 Å². The van der Waals surface area contributed by atoms with Gasteiger partial charge >= 0.3 is 5.63 Å². The van der Waals surface area contributed by atoms with Crippen LogP contribution >= 0.6 is 0 Å². The Morgan fingerprint density at radius 3 is 3.00 bits per heavy atom. The molecule has 0 amide bonds. The van der Waals surface area contributed by atoms with E-state index in [0.29, 0.717) is 11.9 Å². The molecule has 1 aromatic carbocycles. The zero-order valence-corrected chi connectivity index (χ0v) is 10.1. The molecule has 19 heavy (non-hydrogen) atoms. The Morgan fingerprint density at radius 2 is 2.16 bits per heavy atom. The first-order valence-electron chi connectivity index (χ1n) is 6.00. The van der Waals surface area contributed by atoms with E-state index >= 15 is 0 Å². The highest BCUT2D eigenvalue weighted by atomic mass is 16.4. The quantitative estimate of drug-likeness (QED) is 0.444. The van der Waals surface area contributed by atoms with Crippen molar-refractivity contribution < 1.29 is 9.21 Å². The third kappa shape index (κ3) is 2.09. The van der Waals surface area contributed by atoms with Crippen molar-refractivity contribution in [3.8, 4) is 11.8 Å². The van der Waals surface area contributed by atoms with Crippen molar-refractivity contribution in [2.75, 3.05) is 0 Å². The van der Waals surface area contributed by atoms with Crippen LogP contribution in [0.4, 0.5) is 0 Å². The van der Waals surface area contributed by atoms with Gasteiger partial charge in [0.15, 0.2) is 6.29 Å². The molecule has 0 saturated carbocycles. The molecule has 3 nitrogen and oxygen atoms in total. The van der Waals surface area contributed by atoms with Crippen molar-refractivity contribution in [3.05, 3.63) is 51.4 Å². The van der Waals surface area contributed by atoms with Gasteiger partial charge in [-0.05, 0) is 30.2 Å². The number of hydrogen-bond donors (Lipinski definition) is 0. The molecule has 0 aliphatic heterocycles. The van der Waals surface area contributed by atoms with Gasteiger partial charge in [0.05, 0.1) is 0 Å². The summed E-state index contributed by atoms with van der Waals surface area (Å²) in [6.45, 7) is 0. The van der Waals surface area contributed by atoms with Gasteiger partial charge in [0.1, 0.15) is 11.1 Å². The van der Waals surface area contributed by atoms with E-state index in [4.69, 9.17) is 4.42 Å². The maximum atomic E-state index is 11.5. The number of allylic oxidation sites excluding steroid dienone is 1. The molecule has 1 aliphatic rings. The molecule has 0 unspecified atom stereocenters. The van der Waals surface area contributed by atoms with E-state index in [0.717, 1.165) is 29.4 Å². The molecule has 2 aromatic rings. The number of aldehydes is 1. The summed E-state index contributed by atoms with van der Waals surface area (Å²) in [4.78, 5) is 22.3. The topological polar surface area (TPSA) is 47.3 Å². The summed E-state index contributed by atoms with van der Waals surface area (Å²) in [7, 11) is 0. The van der Waals surface area contributed by atoms with Gasteiger partial charge in [-0.3, -0.25) is 4.79 Å². The van der Waals surface area contributed by atoms with Crippen LogP contribution in [0.1, 0.15) is 34.3 Å². The Balaban J connectivity index is 2.33. The molecule has 0 radical (unpaired) electrons. The standard InChI is InChI=1S/C16H10O3/c17-10-14-8-13-7-11-5-3-1-2-4-6-12(11)9-15(13)19-16(14)18/h3,5,7-10H,1-2H2/b5-3-. The molecular weight excluding hydrogens is 240 g/mol. The maximum Gasteiger partial charge on any atom is 0.346 e. The molecule has 0 atom stereocenters. The lowest BCUT2D eigenvalue weighted by molar-refractivity contribution is 0.112. The molecule has 0 fully saturated rings. The Kier molecular flexibility index (Phi) is 2.77. The predicted octanol–water partition coefficient (Wildman–Crippen LogP) is 2.76. The minimum absolute atomic E-state index is 0.0355. The number of carbonyl (C=O) groups excluding carboxylic acids is 1. The molecule has 3 heteroatoms. The molecule has 0 spiro atoms. The van der Waals surface area contributed by atoms with Crippen LogP contribution in [0.15, 0.2) is 33.5 Å². The van der Waals surface area contributed by atoms with E-state index < -0.39 is 5.63 Å². The fourth-order valence-corrected chi connectivity index (χ4v) is 2.05. The van der Waals surface area contributed by atoms with Gasteiger partial charge in [-0.25, -0.2) is 4.79 Å². The highest BCUT2D eigenvalue weighted by Gasteiger charge is 2.08. The number of rotatable bonds is 1. The lowest BCUT2D eigenvalue weighted by atomic mass is 10.0. The van der Waals surface area contributed by atoms with Crippen molar-refractivity contribution >= 4 is 23.3 Å². The fraction of sp³-hybridized carbons (Fsp3) is 0.125. The molecule has 92 valence electrons. The average Bonchev–Trinajstić information content (AvgIpc) is 2.38. The third-order valence-electron chi connectivity index (χ3n) is 3.01. The molecule has 3 rings (SSSR count). The summed E-state index contributed by atoms with van der Waals surface area (Å²) in [5, 5.41) is 0.729. The summed E-state index contributed by atoms with van der Waals surface area (Å²) in [5.41, 5.74) is 1.69. The molecule has 0 N–H and O–H groups in total. The minimum atomic E-state index is -0.614. The van der Waals surface area contributed by atoms with Crippen molar-refractivity contribution in [2.45, 2.75) is 12.8 Å². The Morgan fingerprint density at radius 1 is 1.26 bits per heavy atom. The van der Waals surface area contributed by atoms with Gasteiger partial charge in [0, 0.05) is 17.4 Å². The monoisotopic (exact) mass is 250 g/mol. The van der Waals surface area contributed by atoms with E-state index in [1.165, 1.54) is 0 Å². The lowest BCUT2D eigenvalue weighted by Crippen LogP contribution is -2.05. The number of benzene rings is 1. The maximum absolute atomic E-state index is 11.5. The Labute approximate surface area is 109 Å². The second-order valence-electron chi connectivity index (χ2n) is 4.33. The summed E-state index contributed by atoms with van der Waals surface area (Å²) in [6.07, 6.45) is 6.33. The van der Waals surface area contributed by atoms with Gasteiger partial charge in [-0.2, -0.15) is 0 Å². The smallest absolute Gasteiger partial charge is 0.346 e. The highest BCUT2D eigenvalue weighted by Crippen LogP contribution is 2.21. The van der Waals surface area contributed by atoms with Crippen LogP contribution in [-0.2, 0) is 0 Å². The third-order valence-corrected chi connectivity index (χ3v) is 3.01. The van der Waals surface area contributed by atoms with Crippen LogP contribution in [0.25, 0.3) is 17.0 Å². The summed E-state index contributed by atoms with van der Waals surface area (Å²) < 4.78 is 5.14. The van der Waals surface area contributed by atoms with Crippen molar-refractivity contribution in [2.24, 2.45) is 0 Å². The normalized spacial score (nSPS) is 14.7. The lowest BCUT2D eigenvalue weighted by Gasteiger charge is -2.04. The minimum Gasteiger partial charge on any atom is -0.422 e. The summed E-state index contributed by atoms with van der Waals surface area (Å²) in [6, 6.07) is 5.19. The largest absolute Gasteiger partial charge is 0.422 e. The molecule has 1 heterocycles. The van der Waals surface area contributed by atoms with E-state index in [-0.39, 0.29) is 5.56 Å². The number of hydrogen-bond acceptors (Lipinski definition) is 3. The van der Waals surface area contributed by atoms with Crippen molar-refractivity contribution in [1.29, 1.82) is 0 Å². The number of fused-ring (bicyclic) bond motifs is 2. The average molecular weight is 250 g/mol. The van der Waals surface area contributed by atoms with E-state index in [1.54, 1.807) is 12.1 Å². The molecule has 1 aliphatic carbocycles. The zero-order chi connectivity index (χ0) is 13.2. The fourth-order valence-electron chi connectivity index (χ4n) is 2.05. The van der Waals surface area contributed by atoms with E-state index in [9.17, 15) is 9.59 Å². The van der Waals surface area contributed by atoms with Crippen LogP contribution in [0.2, 0.25) is 0 Å². The van der Waals surface area contributed by atoms with Crippen LogP contribution in [-0.4, -0.2) is 6.29 Å². The van der Waals surface area contributed by atoms with Gasteiger partial charge in [0.25, 0.3) is 0 Å². The highest BCUT2D eigenvalue weighted by molar-refractivity contribution is 5.87. The molecular formula is C16H10O3. The van der Waals surface area contributed by atoms with Crippen LogP contribution in [0, 0.1) is 11.8 Å². The van der Waals surface area contributed by atoms with Crippen molar-refractivity contribution in [1.82, 2.24) is 0 Å². The Hall–Kier alpha value is -2.60. The first-order valence-corrected chi connectivity index (χ1v) is 6.00. The molecule has 1 aromatic heterocycles.